The van der Waals surface area contributed by atoms with Crippen LogP contribution < -0.4 is 0 Å². The predicted molar refractivity (Wildman–Crippen MR) is 163 cm³/mol. The Balaban J connectivity index is 3.83. The number of allylic oxidation sites excluding steroid dienone is 2. The molecule has 0 saturated carbocycles. The first-order valence-corrected chi connectivity index (χ1v) is 16.7. The summed E-state index contributed by atoms with van der Waals surface area (Å²) in [4.78, 5) is 23.3. The summed E-state index contributed by atoms with van der Waals surface area (Å²) < 4.78 is 5.78. The molecule has 38 heavy (non-hydrogen) atoms. The summed E-state index contributed by atoms with van der Waals surface area (Å²) in [5.74, 6) is -0.870. The minimum absolute atomic E-state index is 0.0983. The fourth-order valence-electron chi connectivity index (χ4n) is 5.01. The van der Waals surface area contributed by atoms with Crippen molar-refractivity contribution in [2.24, 2.45) is 0 Å². The third-order valence-electron chi connectivity index (χ3n) is 7.49. The Kier molecular flexibility index (Phi) is 29.2. The molecule has 0 rings (SSSR count). The molecule has 0 aromatic heterocycles. The Morgan fingerprint density at radius 2 is 0.974 bits per heavy atom. The first-order valence-electron chi connectivity index (χ1n) is 16.7. The van der Waals surface area contributed by atoms with Gasteiger partial charge in [-0.05, 0) is 57.8 Å². The normalized spacial score (nSPS) is 12.3. The zero-order valence-corrected chi connectivity index (χ0v) is 25.5. The minimum Gasteiger partial charge on any atom is -0.481 e. The zero-order valence-electron chi connectivity index (χ0n) is 25.5. The summed E-state index contributed by atoms with van der Waals surface area (Å²) in [5.41, 5.74) is 0. The summed E-state index contributed by atoms with van der Waals surface area (Å²) in [5, 5.41) is 8.95. The number of ether oxygens (including phenoxy) is 1. The molecule has 4 heteroatoms. The van der Waals surface area contributed by atoms with Crippen molar-refractivity contribution in [2.75, 3.05) is 0 Å². The quantitative estimate of drug-likeness (QED) is 0.0563. The number of hydrogen-bond donors (Lipinski definition) is 1. The largest absolute Gasteiger partial charge is 0.481 e. The highest BCUT2D eigenvalue weighted by atomic mass is 16.5. The number of esters is 1. The lowest BCUT2D eigenvalue weighted by Crippen LogP contribution is -2.18. The van der Waals surface area contributed by atoms with Gasteiger partial charge in [0.1, 0.15) is 6.10 Å². The number of hydrogen-bond acceptors (Lipinski definition) is 3. The smallest absolute Gasteiger partial charge is 0.306 e. The summed E-state index contributed by atoms with van der Waals surface area (Å²) in [7, 11) is 0. The van der Waals surface area contributed by atoms with Crippen molar-refractivity contribution in [3.8, 4) is 0 Å². The lowest BCUT2D eigenvalue weighted by Gasteiger charge is -2.18. The van der Waals surface area contributed by atoms with Crippen LogP contribution >= 0.6 is 0 Å². The first kappa shape index (κ1) is 36.7. The maximum absolute atomic E-state index is 12.4. The van der Waals surface area contributed by atoms with Crippen molar-refractivity contribution in [2.45, 2.75) is 193 Å². The van der Waals surface area contributed by atoms with Crippen LogP contribution in [-0.4, -0.2) is 23.1 Å². The van der Waals surface area contributed by atoms with Gasteiger partial charge in [-0.3, -0.25) is 9.59 Å². The van der Waals surface area contributed by atoms with E-state index in [4.69, 9.17) is 9.84 Å². The van der Waals surface area contributed by atoms with Crippen LogP contribution in [0, 0.1) is 0 Å². The van der Waals surface area contributed by atoms with E-state index in [0.717, 1.165) is 25.7 Å². The van der Waals surface area contributed by atoms with Crippen LogP contribution in [0.1, 0.15) is 187 Å². The molecule has 0 fully saturated rings. The minimum atomic E-state index is -0.772. The lowest BCUT2D eigenvalue weighted by atomic mass is 10.0. The maximum Gasteiger partial charge on any atom is 0.306 e. The van der Waals surface area contributed by atoms with Crippen LogP contribution in [0.3, 0.4) is 0 Å². The molecule has 1 atom stereocenters. The molecule has 0 aliphatic carbocycles. The van der Waals surface area contributed by atoms with Gasteiger partial charge in [-0.25, -0.2) is 0 Å². The number of carboxylic acid groups (broad SMARTS) is 1. The van der Waals surface area contributed by atoms with Gasteiger partial charge in [-0.15, -0.1) is 0 Å². The average molecular weight is 537 g/mol. The van der Waals surface area contributed by atoms with E-state index in [-0.39, 0.29) is 18.5 Å². The van der Waals surface area contributed by atoms with Crippen LogP contribution in [-0.2, 0) is 14.3 Å². The van der Waals surface area contributed by atoms with Gasteiger partial charge in [0, 0.05) is 12.8 Å². The number of carbonyl (C=O) groups is 2. The van der Waals surface area contributed by atoms with Crippen LogP contribution in [0.5, 0.6) is 0 Å². The van der Waals surface area contributed by atoms with E-state index in [1.54, 1.807) is 0 Å². The number of rotatable bonds is 30. The lowest BCUT2D eigenvalue weighted by molar-refractivity contribution is -0.150. The second-order valence-electron chi connectivity index (χ2n) is 11.3. The SMILES string of the molecule is CCCCCCCC/C=C\CCCCCCCC(=O)OC(CCCCCCCCCCC)CCCC(=O)O. The van der Waals surface area contributed by atoms with Crippen LogP contribution in [0.2, 0.25) is 0 Å². The third-order valence-corrected chi connectivity index (χ3v) is 7.49. The van der Waals surface area contributed by atoms with Gasteiger partial charge in [-0.1, -0.05) is 129 Å². The molecule has 1 N–H and O–H groups in total. The van der Waals surface area contributed by atoms with Crippen LogP contribution in [0.4, 0.5) is 0 Å². The fraction of sp³-hybridized carbons (Fsp3) is 0.882. The molecule has 0 aliphatic rings. The third kappa shape index (κ3) is 29.2. The first-order chi connectivity index (χ1) is 18.6. The second kappa shape index (κ2) is 30.2. The van der Waals surface area contributed by atoms with Crippen molar-refractivity contribution in [3.05, 3.63) is 12.2 Å². The highest BCUT2D eigenvalue weighted by Crippen LogP contribution is 2.17. The van der Waals surface area contributed by atoms with Crippen molar-refractivity contribution in [1.82, 2.24) is 0 Å². The number of carboxylic acids is 1. The monoisotopic (exact) mass is 536 g/mol. The standard InChI is InChI=1S/C34H64O4/c1-3-5-7-9-11-13-14-15-16-17-18-20-22-24-26-31-34(37)38-32(29-27-30-33(35)36)28-25-23-21-19-12-10-8-6-4-2/h15-16,32H,3-14,17-31H2,1-2H3,(H,35,36)/b16-15-. The molecule has 0 amide bonds. The summed E-state index contributed by atoms with van der Waals surface area (Å²) in [6, 6.07) is 0. The second-order valence-corrected chi connectivity index (χ2v) is 11.3. The highest BCUT2D eigenvalue weighted by Gasteiger charge is 2.15. The van der Waals surface area contributed by atoms with Gasteiger partial charge in [0.25, 0.3) is 0 Å². The van der Waals surface area contributed by atoms with Crippen molar-refractivity contribution < 1.29 is 19.4 Å². The Hall–Kier alpha value is -1.32. The van der Waals surface area contributed by atoms with Gasteiger partial charge in [0.2, 0.25) is 0 Å². The topological polar surface area (TPSA) is 63.6 Å². The van der Waals surface area contributed by atoms with Crippen LogP contribution in [0.25, 0.3) is 0 Å². The maximum atomic E-state index is 12.4. The molecule has 4 nitrogen and oxygen atoms in total. The predicted octanol–water partition coefficient (Wildman–Crippen LogP) is 11.1. The number of aliphatic carboxylic acids is 1. The van der Waals surface area contributed by atoms with Crippen molar-refractivity contribution >= 4 is 11.9 Å². The Morgan fingerprint density at radius 1 is 0.553 bits per heavy atom. The summed E-state index contributed by atoms with van der Waals surface area (Å²) >= 11 is 0. The number of carbonyl (C=O) groups excluding carboxylic acids is 1. The van der Waals surface area contributed by atoms with E-state index in [1.807, 2.05) is 0 Å². The Morgan fingerprint density at radius 3 is 1.47 bits per heavy atom. The van der Waals surface area contributed by atoms with Gasteiger partial charge < -0.3 is 9.84 Å². The number of unbranched alkanes of at least 4 members (excludes halogenated alkanes) is 19. The van der Waals surface area contributed by atoms with Crippen LogP contribution in [0.15, 0.2) is 12.2 Å². The molecule has 0 saturated heterocycles. The molecule has 0 spiro atoms. The van der Waals surface area contributed by atoms with Gasteiger partial charge in [-0.2, -0.15) is 0 Å². The molecule has 224 valence electrons. The molecular weight excluding hydrogens is 472 g/mol. The molecule has 0 aromatic rings. The summed E-state index contributed by atoms with van der Waals surface area (Å²) in [6.45, 7) is 4.51. The van der Waals surface area contributed by atoms with Gasteiger partial charge in [0.05, 0.1) is 0 Å². The molecule has 0 radical (unpaired) electrons. The zero-order chi connectivity index (χ0) is 27.9. The molecule has 0 aliphatic heterocycles. The molecule has 0 aromatic carbocycles. The van der Waals surface area contributed by atoms with Gasteiger partial charge >= 0.3 is 11.9 Å². The van der Waals surface area contributed by atoms with E-state index in [9.17, 15) is 9.59 Å². The van der Waals surface area contributed by atoms with E-state index >= 15 is 0 Å². The molecule has 0 bridgehead atoms. The van der Waals surface area contributed by atoms with E-state index in [1.165, 1.54) is 122 Å². The highest BCUT2D eigenvalue weighted by molar-refractivity contribution is 5.69. The fourth-order valence-corrected chi connectivity index (χ4v) is 5.01. The average Bonchev–Trinajstić information content (AvgIpc) is 2.89. The van der Waals surface area contributed by atoms with E-state index in [2.05, 4.69) is 26.0 Å². The Labute approximate surface area is 236 Å². The van der Waals surface area contributed by atoms with E-state index in [0.29, 0.717) is 19.3 Å². The summed E-state index contributed by atoms with van der Waals surface area (Å²) in [6.07, 6.45) is 35.0. The Bertz CT molecular complexity index is 543. The van der Waals surface area contributed by atoms with Crippen molar-refractivity contribution in [3.63, 3.8) is 0 Å². The van der Waals surface area contributed by atoms with Crippen molar-refractivity contribution in [1.29, 1.82) is 0 Å². The van der Waals surface area contributed by atoms with E-state index < -0.39 is 5.97 Å². The molecule has 0 heterocycles. The molecule has 1 unspecified atom stereocenters. The molecular formula is C34H64O4. The van der Waals surface area contributed by atoms with Gasteiger partial charge in [0.15, 0.2) is 0 Å².